The number of anilines is 1. The van der Waals surface area contributed by atoms with Gasteiger partial charge in [-0.05, 0) is 45.0 Å². The summed E-state index contributed by atoms with van der Waals surface area (Å²) in [5.74, 6) is 0.359. The van der Waals surface area contributed by atoms with Crippen molar-refractivity contribution in [3.8, 4) is 5.75 Å². The molecule has 1 aliphatic rings. The van der Waals surface area contributed by atoms with Gasteiger partial charge in [-0.2, -0.15) is 0 Å². The van der Waals surface area contributed by atoms with Crippen LogP contribution in [0.2, 0.25) is 0 Å². The van der Waals surface area contributed by atoms with Crippen molar-refractivity contribution < 1.29 is 22.8 Å². The molecule has 1 heterocycles. The van der Waals surface area contributed by atoms with Crippen LogP contribution < -0.4 is 9.08 Å². The molecule has 1 amide bonds. The Balaban J connectivity index is 1.71. The lowest BCUT2D eigenvalue weighted by molar-refractivity contribution is -0.387. The lowest BCUT2D eigenvalue weighted by Crippen LogP contribution is -2.50. The fourth-order valence-corrected chi connectivity index (χ4v) is 3.93. The number of hydrogen-bond donors (Lipinski definition) is 0. The minimum absolute atomic E-state index is 0.00926. The molecule has 1 aliphatic heterocycles. The molecule has 1 unspecified atom stereocenters. The number of benzene rings is 2. The van der Waals surface area contributed by atoms with E-state index in [1.807, 2.05) is 25.7 Å². The van der Waals surface area contributed by atoms with E-state index in [0.717, 1.165) is 0 Å². The summed E-state index contributed by atoms with van der Waals surface area (Å²) in [5, 5.41) is 11.6. The Morgan fingerprint density at radius 1 is 1.06 bits per heavy atom. The van der Waals surface area contributed by atoms with Crippen LogP contribution in [-0.2, 0) is 15.8 Å². The van der Waals surface area contributed by atoms with E-state index in [1.54, 1.807) is 41.3 Å². The van der Waals surface area contributed by atoms with Crippen LogP contribution in [0, 0.1) is 10.1 Å². The third-order valence-corrected chi connectivity index (χ3v) is 5.58. The molecule has 0 aromatic heterocycles. The second-order valence-corrected chi connectivity index (χ2v) is 9.07. The second kappa shape index (κ2) is 9.34. The van der Waals surface area contributed by atoms with E-state index < -0.39 is 21.6 Å². The normalized spacial score (nSPS) is 15.3. The predicted octanol–water partition coefficient (Wildman–Crippen LogP) is 3.75. The zero-order chi connectivity index (χ0) is 22.6. The van der Waals surface area contributed by atoms with Crippen molar-refractivity contribution in [3.05, 3.63) is 58.6 Å². The molecule has 0 spiro atoms. The van der Waals surface area contributed by atoms with E-state index in [0.29, 0.717) is 37.6 Å². The van der Waals surface area contributed by atoms with Gasteiger partial charge in [0.2, 0.25) is 11.1 Å². The van der Waals surface area contributed by atoms with Crippen LogP contribution >= 0.6 is 0 Å². The smallest absolute Gasteiger partial charge is 0.410 e. The van der Waals surface area contributed by atoms with Crippen molar-refractivity contribution in [1.29, 1.82) is 0 Å². The summed E-state index contributed by atoms with van der Waals surface area (Å²) in [5.41, 5.74) is -0.223. The largest absolute Gasteiger partial charge is 0.444 e. The van der Waals surface area contributed by atoms with Crippen molar-refractivity contribution in [3.63, 3.8) is 0 Å². The number of rotatable bonds is 5. The molecule has 1 atom stereocenters. The van der Waals surface area contributed by atoms with Gasteiger partial charge in [-0.15, -0.1) is 0 Å². The van der Waals surface area contributed by atoms with E-state index in [1.165, 1.54) is 12.1 Å². The van der Waals surface area contributed by atoms with Crippen LogP contribution in [0.3, 0.4) is 0 Å². The maximum Gasteiger partial charge on any atom is 0.410 e. The highest BCUT2D eigenvalue weighted by Crippen LogP contribution is 2.30. The number of ether oxygens (including phenoxy) is 1. The number of piperazine rings is 1. The van der Waals surface area contributed by atoms with E-state index in [2.05, 4.69) is 0 Å². The van der Waals surface area contributed by atoms with Gasteiger partial charge in [-0.3, -0.25) is 10.1 Å². The average molecular weight is 448 g/mol. The number of amides is 1. The highest BCUT2D eigenvalue weighted by atomic mass is 32.2. The number of nitrogens with zero attached hydrogens (tertiary/aromatic N) is 3. The summed E-state index contributed by atoms with van der Waals surface area (Å²) >= 11 is -2.03. The summed E-state index contributed by atoms with van der Waals surface area (Å²) in [6.07, 6.45) is -0.373. The van der Waals surface area contributed by atoms with Crippen LogP contribution in [0.25, 0.3) is 0 Å². The third kappa shape index (κ3) is 5.94. The second-order valence-electron chi connectivity index (χ2n) is 7.99. The molecule has 0 aliphatic carbocycles. The van der Waals surface area contributed by atoms with E-state index >= 15 is 0 Å². The zero-order valence-corrected chi connectivity index (χ0v) is 18.5. The molecule has 0 N–H and O–H groups in total. The number of nitro benzene ring substituents is 1. The van der Waals surface area contributed by atoms with Crippen LogP contribution in [0.1, 0.15) is 20.8 Å². The van der Waals surface area contributed by atoms with Gasteiger partial charge in [0.15, 0.2) is 4.90 Å². The fraction of sp³-hybridized carbons (Fsp3) is 0.381. The van der Waals surface area contributed by atoms with Gasteiger partial charge in [0.25, 0.3) is 5.69 Å². The summed E-state index contributed by atoms with van der Waals surface area (Å²) < 4.78 is 23.3. The van der Waals surface area contributed by atoms with E-state index in [9.17, 15) is 19.1 Å². The number of carbonyl (C=O) groups is 1. The topological polar surface area (TPSA) is 102 Å². The van der Waals surface area contributed by atoms with Crippen LogP contribution in [0.15, 0.2) is 53.4 Å². The standard InChI is InChI=1S/C21H25N3O6S/c1-21(2,3)29-20(25)23-13-11-22(12-14-23)16-9-10-19(18(15-16)24(26)27)31(28)30-17-7-5-4-6-8-17/h4-10,15H,11-14H2,1-3H3. The summed E-state index contributed by atoms with van der Waals surface area (Å²) in [6, 6.07) is 13.0. The van der Waals surface area contributed by atoms with Crippen molar-refractivity contribution in [2.45, 2.75) is 31.3 Å². The molecule has 31 heavy (non-hydrogen) atoms. The number of para-hydroxylation sites is 1. The van der Waals surface area contributed by atoms with Crippen LogP contribution in [0.5, 0.6) is 5.75 Å². The first-order chi connectivity index (χ1) is 14.6. The number of hydrogen-bond acceptors (Lipinski definition) is 7. The average Bonchev–Trinajstić information content (AvgIpc) is 2.73. The molecule has 0 bridgehead atoms. The summed E-state index contributed by atoms with van der Waals surface area (Å²) in [4.78, 5) is 26.8. The lowest BCUT2D eigenvalue weighted by atomic mass is 10.2. The minimum Gasteiger partial charge on any atom is -0.444 e. The zero-order valence-electron chi connectivity index (χ0n) is 17.6. The molecule has 2 aromatic carbocycles. The van der Waals surface area contributed by atoms with Crippen molar-refractivity contribution in [1.82, 2.24) is 4.90 Å². The summed E-state index contributed by atoms with van der Waals surface area (Å²) in [7, 11) is 0. The Kier molecular flexibility index (Phi) is 6.79. The Labute approximate surface area is 183 Å². The van der Waals surface area contributed by atoms with Gasteiger partial charge < -0.3 is 18.7 Å². The first-order valence-electron chi connectivity index (χ1n) is 9.80. The van der Waals surface area contributed by atoms with Gasteiger partial charge in [0.05, 0.1) is 4.92 Å². The van der Waals surface area contributed by atoms with E-state index in [-0.39, 0.29) is 16.7 Å². The summed E-state index contributed by atoms with van der Waals surface area (Å²) in [6.45, 7) is 7.31. The molecule has 9 nitrogen and oxygen atoms in total. The Bertz CT molecular complexity index is 969. The predicted molar refractivity (Wildman–Crippen MR) is 117 cm³/mol. The Hall–Kier alpha value is -3.14. The monoisotopic (exact) mass is 447 g/mol. The van der Waals surface area contributed by atoms with Gasteiger partial charge in [-0.25, -0.2) is 9.00 Å². The van der Waals surface area contributed by atoms with Crippen LogP contribution in [0.4, 0.5) is 16.2 Å². The minimum atomic E-state index is -2.03. The molecule has 1 saturated heterocycles. The van der Waals surface area contributed by atoms with Gasteiger partial charge in [-0.1, -0.05) is 18.2 Å². The first-order valence-corrected chi connectivity index (χ1v) is 10.9. The Morgan fingerprint density at radius 3 is 2.29 bits per heavy atom. The molecule has 2 aromatic rings. The van der Waals surface area contributed by atoms with Crippen LogP contribution in [-0.4, -0.2) is 51.9 Å². The molecule has 0 radical (unpaired) electrons. The third-order valence-electron chi connectivity index (χ3n) is 4.53. The quantitative estimate of drug-likeness (QED) is 0.508. The maximum absolute atomic E-state index is 12.6. The van der Waals surface area contributed by atoms with Gasteiger partial charge in [0.1, 0.15) is 11.4 Å². The Morgan fingerprint density at radius 2 is 1.71 bits per heavy atom. The highest BCUT2D eigenvalue weighted by Gasteiger charge is 2.28. The number of carbonyl (C=O) groups excluding carboxylic acids is 1. The molecule has 166 valence electrons. The molecule has 1 fully saturated rings. The molecule has 0 saturated carbocycles. The molecule has 3 rings (SSSR count). The number of nitro groups is 1. The molecule has 10 heteroatoms. The van der Waals surface area contributed by atoms with Gasteiger partial charge >= 0.3 is 6.09 Å². The first kappa shape index (κ1) is 22.5. The van der Waals surface area contributed by atoms with Crippen molar-refractivity contribution >= 4 is 28.5 Å². The lowest BCUT2D eigenvalue weighted by Gasteiger charge is -2.36. The molecular weight excluding hydrogens is 422 g/mol. The van der Waals surface area contributed by atoms with Crippen molar-refractivity contribution in [2.24, 2.45) is 0 Å². The fourth-order valence-electron chi connectivity index (χ4n) is 3.07. The highest BCUT2D eigenvalue weighted by molar-refractivity contribution is 7.80. The van der Waals surface area contributed by atoms with Gasteiger partial charge in [0, 0.05) is 37.9 Å². The maximum atomic E-state index is 12.6. The molecular formula is C21H25N3O6S. The SMILES string of the molecule is CC(C)(C)OC(=O)N1CCN(c2ccc(S(=O)Oc3ccccc3)c([N+](=O)[O-])c2)CC1. The van der Waals surface area contributed by atoms with Crippen molar-refractivity contribution in [2.75, 3.05) is 31.1 Å². The van der Waals surface area contributed by atoms with E-state index in [4.69, 9.17) is 8.92 Å².